The zero-order chi connectivity index (χ0) is 33.1. The largest absolute Gasteiger partial charge is 0.310 e. The monoisotopic (exact) mass is 639 g/mol. The fourth-order valence-corrected chi connectivity index (χ4v) is 9.22. The van der Waals surface area contributed by atoms with Gasteiger partial charge in [0, 0.05) is 22.5 Å². The van der Waals surface area contributed by atoms with E-state index in [1.54, 1.807) is 0 Å². The Morgan fingerprint density at radius 3 is 1.80 bits per heavy atom. The van der Waals surface area contributed by atoms with Crippen molar-refractivity contribution < 1.29 is 0 Å². The number of hydrogen-bond donors (Lipinski definition) is 0. The second kappa shape index (κ2) is 11.6. The van der Waals surface area contributed by atoms with Crippen LogP contribution in [-0.4, -0.2) is 0 Å². The van der Waals surface area contributed by atoms with Crippen LogP contribution < -0.4 is 4.90 Å². The molecule has 0 aromatic heterocycles. The van der Waals surface area contributed by atoms with Crippen molar-refractivity contribution in [2.45, 2.75) is 31.1 Å². The van der Waals surface area contributed by atoms with Crippen LogP contribution in [0, 0.1) is 0 Å². The van der Waals surface area contributed by atoms with Gasteiger partial charge in [0.15, 0.2) is 0 Å². The second-order valence-corrected chi connectivity index (χ2v) is 13.8. The standard InChI is InChI=1S/C49H37N/c1-3-16-34(17-4-1)35-30-32-37(33-31-35)50(46-28-14-10-20-38(46)36-18-5-2-6-19-36)47-29-15-27-45-48(47)41-23-9-13-26-44(41)49(45)42-24-11-7-21-39(42)40-22-8-12-25-43(40)49/h1-9,11-12,15-25,27-33H,10,13-14,26H2. The van der Waals surface area contributed by atoms with E-state index in [0.717, 1.165) is 25.7 Å². The van der Waals surface area contributed by atoms with E-state index in [0.29, 0.717) is 0 Å². The molecule has 0 aliphatic heterocycles. The van der Waals surface area contributed by atoms with E-state index in [2.05, 4.69) is 181 Å². The minimum atomic E-state index is -0.305. The summed E-state index contributed by atoms with van der Waals surface area (Å²) in [5.41, 5.74) is 19.6. The van der Waals surface area contributed by atoms with Crippen LogP contribution in [0.5, 0.6) is 0 Å². The van der Waals surface area contributed by atoms with E-state index in [4.69, 9.17) is 0 Å². The highest BCUT2D eigenvalue weighted by atomic mass is 15.2. The molecule has 0 fully saturated rings. The molecular weight excluding hydrogens is 603 g/mol. The van der Waals surface area contributed by atoms with E-state index >= 15 is 0 Å². The molecule has 0 unspecified atom stereocenters. The SMILES string of the molecule is C1=CC2=C(CC1)C1(c3ccccc3-c3ccccc31)c1cccc(N(C3=CCCC=C3c3ccccc3)c3ccc(-c4ccccc4)cc3)c12. The van der Waals surface area contributed by atoms with Crippen LogP contribution in [-0.2, 0) is 5.41 Å². The predicted octanol–water partition coefficient (Wildman–Crippen LogP) is 12.7. The maximum Gasteiger partial charge on any atom is 0.0689 e. The first kappa shape index (κ1) is 29.0. The molecule has 4 aliphatic carbocycles. The molecule has 0 radical (unpaired) electrons. The van der Waals surface area contributed by atoms with E-state index in [1.807, 2.05) is 0 Å². The molecular formula is C49H37N. The van der Waals surface area contributed by atoms with Gasteiger partial charge in [-0.2, -0.15) is 0 Å². The zero-order valence-electron chi connectivity index (χ0n) is 28.0. The molecule has 0 heterocycles. The molecule has 0 amide bonds. The molecule has 6 aromatic rings. The smallest absolute Gasteiger partial charge is 0.0689 e. The summed E-state index contributed by atoms with van der Waals surface area (Å²) in [5.74, 6) is 0. The van der Waals surface area contributed by atoms with Gasteiger partial charge in [0.1, 0.15) is 0 Å². The second-order valence-electron chi connectivity index (χ2n) is 13.8. The predicted molar refractivity (Wildman–Crippen MR) is 209 cm³/mol. The van der Waals surface area contributed by atoms with Crippen LogP contribution in [0.25, 0.3) is 33.4 Å². The van der Waals surface area contributed by atoms with Gasteiger partial charge in [-0.05, 0) is 99.5 Å². The van der Waals surface area contributed by atoms with E-state index in [-0.39, 0.29) is 5.41 Å². The first-order valence-corrected chi connectivity index (χ1v) is 18.0. The van der Waals surface area contributed by atoms with Gasteiger partial charge >= 0.3 is 0 Å². The lowest BCUT2D eigenvalue weighted by Gasteiger charge is -2.35. The molecule has 4 aliphatic rings. The minimum absolute atomic E-state index is 0.305. The van der Waals surface area contributed by atoms with Crippen molar-refractivity contribution in [1.82, 2.24) is 0 Å². The molecule has 1 heteroatoms. The Kier molecular flexibility index (Phi) is 6.74. The quantitative estimate of drug-likeness (QED) is 0.181. The van der Waals surface area contributed by atoms with Crippen LogP contribution in [0.2, 0.25) is 0 Å². The topological polar surface area (TPSA) is 3.24 Å². The van der Waals surface area contributed by atoms with Crippen molar-refractivity contribution in [2.75, 3.05) is 4.90 Å². The maximum atomic E-state index is 2.56. The summed E-state index contributed by atoms with van der Waals surface area (Å²) >= 11 is 0. The number of allylic oxidation sites excluding steroid dienone is 7. The van der Waals surface area contributed by atoms with Gasteiger partial charge in [0.25, 0.3) is 0 Å². The number of hydrogen-bond acceptors (Lipinski definition) is 1. The molecule has 6 aromatic carbocycles. The summed E-state index contributed by atoms with van der Waals surface area (Å²) in [6.07, 6.45) is 13.9. The van der Waals surface area contributed by atoms with Crippen LogP contribution >= 0.6 is 0 Å². The van der Waals surface area contributed by atoms with Crippen LogP contribution in [0.15, 0.2) is 187 Å². The molecule has 0 saturated carbocycles. The average molecular weight is 640 g/mol. The van der Waals surface area contributed by atoms with Crippen molar-refractivity contribution in [3.63, 3.8) is 0 Å². The molecule has 238 valence electrons. The summed E-state index contributed by atoms with van der Waals surface area (Å²) in [6.45, 7) is 0. The number of anilines is 2. The molecule has 0 atom stereocenters. The fourth-order valence-electron chi connectivity index (χ4n) is 9.22. The summed E-state index contributed by atoms with van der Waals surface area (Å²) < 4.78 is 0. The van der Waals surface area contributed by atoms with E-state index < -0.39 is 0 Å². The lowest BCUT2D eigenvalue weighted by Crippen LogP contribution is -2.28. The fraction of sp³-hybridized carbons (Fsp3) is 0.102. The first-order chi connectivity index (χ1) is 24.8. The maximum absolute atomic E-state index is 2.56. The number of benzene rings is 6. The first-order valence-electron chi connectivity index (χ1n) is 18.0. The third kappa shape index (κ3) is 4.20. The summed E-state index contributed by atoms with van der Waals surface area (Å²) in [7, 11) is 0. The zero-order valence-corrected chi connectivity index (χ0v) is 28.0. The number of fused-ring (bicyclic) bond motifs is 9. The Morgan fingerprint density at radius 1 is 0.480 bits per heavy atom. The van der Waals surface area contributed by atoms with Gasteiger partial charge in [0.2, 0.25) is 0 Å². The van der Waals surface area contributed by atoms with Gasteiger partial charge in [-0.3, -0.25) is 0 Å². The normalized spacial score (nSPS) is 16.3. The van der Waals surface area contributed by atoms with E-state index in [9.17, 15) is 0 Å². The van der Waals surface area contributed by atoms with Crippen LogP contribution in [0.3, 0.4) is 0 Å². The van der Waals surface area contributed by atoms with Crippen molar-refractivity contribution in [1.29, 1.82) is 0 Å². The Bertz CT molecular complexity index is 2360. The van der Waals surface area contributed by atoms with Gasteiger partial charge in [-0.1, -0.05) is 158 Å². The Labute approximate surface area is 294 Å². The lowest BCUT2D eigenvalue weighted by atomic mass is 9.68. The van der Waals surface area contributed by atoms with Gasteiger partial charge in [0.05, 0.1) is 11.1 Å². The highest BCUT2D eigenvalue weighted by Gasteiger charge is 2.53. The van der Waals surface area contributed by atoms with Crippen molar-refractivity contribution in [3.8, 4) is 22.3 Å². The lowest BCUT2D eigenvalue weighted by molar-refractivity contribution is 0.714. The van der Waals surface area contributed by atoms with Gasteiger partial charge < -0.3 is 4.90 Å². The highest BCUT2D eigenvalue weighted by molar-refractivity contribution is 6.02. The Morgan fingerprint density at radius 2 is 1.08 bits per heavy atom. The third-order valence-corrected chi connectivity index (χ3v) is 11.2. The Balaban J connectivity index is 1.24. The van der Waals surface area contributed by atoms with Gasteiger partial charge in [-0.15, -0.1) is 0 Å². The minimum Gasteiger partial charge on any atom is -0.310 e. The van der Waals surface area contributed by atoms with Crippen LogP contribution in [0.4, 0.5) is 11.4 Å². The summed E-state index contributed by atoms with van der Waals surface area (Å²) in [6, 6.07) is 56.2. The molecule has 0 saturated heterocycles. The molecule has 1 spiro atoms. The van der Waals surface area contributed by atoms with Crippen molar-refractivity contribution >= 4 is 22.5 Å². The van der Waals surface area contributed by atoms with Crippen LogP contribution in [0.1, 0.15) is 53.5 Å². The molecule has 50 heavy (non-hydrogen) atoms. The molecule has 1 nitrogen and oxygen atoms in total. The summed E-state index contributed by atoms with van der Waals surface area (Å²) in [5, 5.41) is 0. The highest BCUT2D eigenvalue weighted by Crippen LogP contribution is 2.65. The average Bonchev–Trinajstić information content (AvgIpc) is 3.67. The van der Waals surface area contributed by atoms with E-state index in [1.165, 1.54) is 83.9 Å². The summed E-state index contributed by atoms with van der Waals surface area (Å²) in [4.78, 5) is 2.56. The molecule has 0 bridgehead atoms. The molecule has 10 rings (SSSR count). The third-order valence-electron chi connectivity index (χ3n) is 11.2. The number of nitrogens with zero attached hydrogens (tertiary/aromatic N) is 1. The molecule has 0 N–H and O–H groups in total. The Hall–Kier alpha value is -5.92. The van der Waals surface area contributed by atoms with Crippen molar-refractivity contribution in [2.24, 2.45) is 0 Å². The van der Waals surface area contributed by atoms with Crippen molar-refractivity contribution in [3.05, 3.63) is 215 Å². The van der Waals surface area contributed by atoms with Gasteiger partial charge in [-0.25, -0.2) is 0 Å². The number of rotatable bonds is 5.